The Kier molecular flexibility index (Phi) is 57.7. The summed E-state index contributed by atoms with van der Waals surface area (Å²) in [5.74, 6) is -0.903. The van der Waals surface area contributed by atoms with Gasteiger partial charge in [-0.05, 0) is 57.8 Å². The summed E-state index contributed by atoms with van der Waals surface area (Å²) in [4.78, 5) is 38.3. The van der Waals surface area contributed by atoms with Crippen molar-refractivity contribution in [2.45, 2.75) is 335 Å². The molecule has 0 saturated carbocycles. The molecular formula is C65H118O6. The van der Waals surface area contributed by atoms with Crippen LogP contribution in [-0.4, -0.2) is 37.2 Å². The van der Waals surface area contributed by atoms with Crippen molar-refractivity contribution in [1.29, 1.82) is 0 Å². The normalized spacial score (nSPS) is 12.3. The summed E-state index contributed by atoms with van der Waals surface area (Å²) in [6.45, 7) is 6.55. The van der Waals surface area contributed by atoms with Gasteiger partial charge in [0.15, 0.2) is 6.10 Å². The molecule has 0 N–H and O–H groups in total. The minimum Gasteiger partial charge on any atom is -0.462 e. The first-order valence-corrected chi connectivity index (χ1v) is 31.1. The van der Waals surface area contributed by atoms with Crippen molar-refractivity contribution in [2.24, 2.45) is 0 Å². The Labute approximate surface area is 441 Å². The van der Waals surface area contributed by atoms with Crippen LogP contribution < -0.4 is 0 Å². The quantitative estimate of drug-likeness (QED) is 0.0261. The van der Waals surface area contributed by atoms with Crippen molar-refractivity contribution in [1.82, 2.24) is 0 Å². The van der Waals surface area contributed by atoms with Crippen molar-refractivity contribution < 1.29 is 28.6 Å². The van der Waals surface area contributed by atoms with Crippen LogP contribution in [0.4, 0.5) is 0 Å². The molecule has 0 heterocycles. The number of esters is 3. The van der Waals surface area contributed by atoms with Gasteiger partial charge in [-0.3, -0.25) is 14.4 Å². The molecule has 1 unspecified atom stereocenters. The van der Waals surface area contributed by atoms with Crippen LogP contribution in [0, 0.1) is 0 Å². The van der Waals surface area contributed by atoms with Gasteiger partial charge in [-0.1, -0.05) is 301 Å². The van der Waals surface area contributed by atoms with Crippen molar-refractivity contribution >= 4 is 17.9 Å². The molecule has 0 aromatic heterocycles. The monoisotopic (exact) mass is 995 g/mol. The molecule has 0 fully saturated rings. The van der Waals surface area contributed by atoms with E-state index >= 15 is 0 Å². The first-order valence-electron chi connectivity index (χ1n) is 31.1. The van der Waals surface area contributed by atoms with Crippen molar-refractivity contribution in [2.75, 3.05) is 13.2 Å². The molecule has 1 atom stereocenters. The fraction of sp³-hybridized carbons (Fsp3) is 0.831. The first-order chi connectivity index (χ1) is 35.0. The van der Waals surface area contributed by atoms with Crippen molar-refractivity contribution in [3.63, 3.8) is 0 Å². The average molecular weight is 996 g/mol. The van der Waals surface area contributed by atoms with E-state index in [9.17, 15) is 14.4 Å². The maximum Gasteiger partial charge on any atom is 0.306 e. The zero-order chi connectivity index (χ0) is 51.4. The summed E-state index contributed by atoms with van der Waals surface area (Å²) in [5, 5.41) is 0. The van der Waals surface area contributed by atoms with E-state index in [2.05, 4.69) is 69.4 Å². The second-order valence-electron chi connectivity index (χ2n) is 21.0. The zero-order valence-corrected chi connectivity index (χ0v) is 47.5. The maximum atomic E-state index is 12.9. The standard InChI is InChI=1S/C65H118O6/c1-4-7-10-13-16-19-22-25-28-30-32-34-37-40-43-46-49-52-55-58-64(67)70-61-62(60-69-63(66)57-54-51-48-45-42-39-36-27-24-21-18-15-12-9-6-3)71-65(68)59-56-53-50-47-44-41-38-35-33-31-29-26-23-20-17-14-11-8-5-2/h9,12,18,21,27,36,42,45,62H,4-8,10-11,13-17,19-20,22-26,28-35,37-41,43-44,46-61H2,1-3H3/b12-9-,21-18-,36-27-,45-42-. The van der Waals surface area contributed by atoms with Crippen LogP contribution in [0.3, 0.4) is 0 Å². The van der Waals surface area contributed by atoms with Gasteiger partial charge in [-0.15, -0.1) is 0 Å². The molecule has 71 heavy (non-hydrogen) atoms. The van der Waals surface area contributed by atoms with E-state index in [1.54, 1.807) is 0 Å². The summed E-state index contributed by atoms with van der Waals surface area (Å²) in [6.07, 6.45) is 74.0. The molecule has 0 radical (unpaired) electrons. The topological polar surface area (TPSA) is 78.9 Å². The van der Waals surface area contributed by atoms with Crippen LogP contribution in [0.1, 0.15) is 329 Å². The second kappa shape index (κ2) is 59.9. The molecular weight excluding hydrogens is 877 g/mol. The highest BCUT2D eigenvalue weighted by Gasteiger charge is 2.19. The minimum atomic E-state index is -0.787. The van der Waals surface area contributed by atoms with Crippen LogP contribution in [0.15, 0.2) is 48.6 Å². The van der Waals surface area contributed by atoms with Crippen molar-refractivity contribution in [3.8, 4) is 0 Å². The average Bonchev–Trinajstić information content (AvgIpc) is 3.37. The smallest absolute Gasteiger partial charge is 0.306 e. The SMILES string of the molecule is CC/C=C\C/C=C\C/C=C\C/C=C\CCCCC(=O)OCC(COC(=O)CCCCCCCCCCCCCCCCCCCCC)OC(=O)CCCCCCCCCCCCCCCCCCCCC. The van der Waals surface area contributed by atoms with Crippen molar-refractivity contribution in [3.05, 3.63) is 48.6 Å². The molecule has 0 saturated heterocycles. The van der Waals surface area contributed by atoms with Gasteiger partial charge >= 0.3 is 17.9 Å². The molecule has 0 aliphatic rings. The Morgan fingerprint density at radius 2 is 0.549 bits per heavy atom. The minimum absolute atomic E-state index is 0.0813. The van der Waals surface area contributed by atoms with Gasteiger partial charge in [0.1, 0.15) is 13.2 Å². The lowest BCUT2D eigenvalue weighted by molar-refractivity contribution is -0.167. The Hall–Kier alpha value is -2.63. The number of carbonyl (C=O) groups excluding carboxylic acids is 3. The van der Waals surface area contributed by atoms with Gasteiger partial charge in [0.05, 0.1) is 0 Å². The fourth-order valence-electron chi connectivity index (χ4n) is 9.20. The highest BCUT2D eigenvalue weighted by atomic mass is 16.6. The van der Waals surface area contributed by atoms with E-state index in [1.165, 1.54) is 205 Å². The molecule has 0 rings (SSSR count). The molecule has 6 heteroatoms. The number of carbonyl (C=O) groups is 3. The van der Waals surface area contributed by atoms with Gasteiger partial charge in [-0.25, -0.2) is 0 Å². The van der Waals surface area contributed by atoms with E-state index in [0.717, 1.165) is 83.5 Å². The number of hydrogen-bond donors (Lipinski definition) is 0. The number of hydrogen-bond acceptors (Lipinski definition) is 6. The summed E-state index contributed by atoms with van der Waals surface area (Å²) in [6, 6.07) is 0. The molecule has 0 aliphatic carbocycles. The summed E-state index contributed by atoms with van der Waals surface area (Å²) in [7, 11) is 0. The third kappa shape index (κ3) is 58.1. The molecule has 0 aromatic carbocycles. The second-order valence-corrected chi connectivity index (χ2v) is 21.0. The number of allylic oxidation sites excluding steroid dienone is 8. The van der Waals surface area contributed by atoms with Gasteiger partial charge in [0.2, 0.25) is 0 Å². The lowest BCUT2D eigenvalue weighted by atomic mass is 10.0. The predicted octanol–water partition coefficient (Wildman–Crippen LogP) is 21.0. The predicted molar refractivity (Wildman–Crippen MR) is 307 cm³/mol. The fourth-order valence-corrected chi connectivity index (χ4v) is 9.20. The lowest BCUT2D eigenvalue weighted by Crippen LogP contribution is -2.30. The number of rotatable bonds is 57. The van der Waals surface area contributed by atoms with Gasteiger partial charge < -0.3 is 14.2 Å². The molecule has 414 valence electrons. The third-order valence-electron chi connectivity index (χ3n) is 13.8. The molecule has 0 aliphatic heterocycles. The highest BCUT2D eigenvalue weighted by Crippen LogP contribution is 2.18. The maximum absolute atomic E-state index is 12.9. The van der Waals surface area contributed by atoms with Crippen LogP contribution in [0.2, 0.25) is 0 Å². The highest BCUT2D eigenvalue weighted by molar-refractivity contribution is 5.71. The van der Waals surface area contributed by atoms with Crippen LogP contribution >= 0.6 is 0 Å². The lowest BCUT2D eigenvalue weighted by Gasteiger charge is -2.18. The molecule has 0 amide bonds. The third-order valence-corrected chi connectivity index (χ3v) is 13.8. The number of ether oxygens (including phenoxy) is 3. The molecule has 6 nitrogen and oxygen atoms in total. The van der Waals surface area contributed by atoms with E-state index in [4.69, 9.17) is 14.2 Å². The van der Waals surface area contributed by atoms with E-state index in [-0.39, 0.29) is 31.1 Å². The van der Waals surface area contributed by atoms with Crippen LogP contribution in [0.5, 0.6) is 0 Å². The Bertz CT molecular complexity index is 1230. The molecule has 0 aromatic rings. The molecule has 0 bridgehead atoms. The Morgan fingerprint density at radius 3 is 0.859 bits per heavy atom. The largest absolute Gasteiger partial charge is 0.462 e. The summed E-state index contributed by atoms with van der Waals surface area (Å²) >= 11 is 0. The van der Waals surface area contributed by atoms with E-state index in [0.29, 0.717) is 19.3 Å². The van der Waals surface area contributed by atoms with E-state index < -0.39 is 6.10 Å². The van der Waals surface area contributed by atoms with Crippen LogP contribution in [0.25, 0.3) is 0 Å². The molecule has 0 spiro atoms. The zero-order valence-electron chi connectivity index (χ0n) is 47.5. The first kappa shape index (κ1) is 68.4. The van der Waals surface area contributed by atoms with Gasteiger partial charge in [0, 0.05) is 19.3 Å². The Morgan fingerprint density at radius 1 is 0.296 bits per heavy atom. The van der Waals surface area contributed by atoms with Gasteiger partial charge in [-0.2, -0.15) is 0 Å². The summed E-state index contributed by atoms with van der Waals surface area (Å²) in [5.41, 5.74) is 0. The number of unbranched alkanes of at least 4 members (excludes halogenated alkanes) is 38. The van der Waals surface area contributed by atoms with E-state index in [1.807, 2.05) is 0 Å². The van der Waals surface area contributed by atoms with Gasteiger partial charge in [0.25, 0.3) is 0 Å². The van der Waals surface area contributed by atoms with Crippen LogP contribution in [-0.2, 0) is 28.6 Å². The summed E-state index contributed by atoms with van der Waals surface area (Å²) < 4.78 is 16.9. The Balaban J connectivity index is 4.35.